The molecule has 0 aromatic heterocycles. The molecule has 0 saturated carbocycles. The molecule has 3 heteroatoms. The van der Waals surface area contributed by atoms with Gasteiger partial charge < -0.3 is 14.6 Å². The Labute approximate surface area is 138 Å². The summed E-state index contributed by atoms with van der Waals surface area (Å²) in [5.41, 5.74) is 5.77. The SMILES string of the molecule is COCc1cc(C(C)(C)C)cc(COC)c1-c1ccc(O)cc1. The van der Waals surface area contributed by atoms with Gasteiger partial charge in [-0.05, 0) is 45.4 Å². The van der Waals surface area contributed by atoms with Gasteiger partial charge in [0, 0.05) is 14.2 Å². The Morgan fingerprint density at radius 3 is 1.74 bits per heavy atom. The minimum Gasteiger partial charge on any atom is -0.508 e. The minimum absolute atomic E-state index is 0.0540. The summed E-state index contributed by atoms with van der Waals surface area (Å²) in [6.07, 6.45) is 0. The van der Waals surface area contributed by atoms with Crippen molar-refractivity contribution in [3.8, 4) is 16.9 Å². The lowest BCUT2D eigenvalue weighted by atomic mass is 9.82. The highest BCUT2D eigenvalue weighted by Crippen LogP contribution is 2.35. The predicted molar refractivity (Wildman–Crippen MR) is 93.7 cm³/mol. The second-order valence-electron chi connectivity index (χ2n) is 6.83. The Kier molecular flexibility index (Phi) is 5.45. The predicted octanol–water partition coefficient (Wildman–Crippen LogP) is 4.65. The third kappa shape index (κ3) is 4.12. The fourth-order valence-corrected chi connectivity index (χ4v) is 2.74. The first-order chi connectivity index (χ1) is 10.9. The monoisotopic (exact) mass is 314 g/mol. The quantitative estimate of drug-likeness (QED) is 0.873. The van der Waals surface area contributed by atoms with Crippen LogP contribution in [0.15, 0.2) is 36.4 Å². The Bertz CT molecular complexity index is 625. The topological polar surface area (TPSA) is 38.7 Å². The van der Waals surface area contributed by atoms with Gasteiger partial charge >= 0.3 is 0 Å². The first-order valence-electron chi connectivity index (χ1n) is 7.80. The molecule has 0 unspecified atom stereocenters. The van der Waals surface area contributed by atoms with E-state index in [1.807, 2.05) is 12.1 Å². The van der Waals surface area contributed by atoms with E-state index in [4.69, 9.17) is 9.47 Å². The Morgan fingerprint density at radius 1 is 0.870 bits per heavy atom. The maximum absolute atomic E-state index is 9.55. The van der Waals surface area contributed by atoms with Gasteiger partial charge in [0.2, 0.25) is 0 Å². The summed E-state index contributed by atoms with van der Waals surface area (Å²) in [4.78, 5) is 0. The van der Waals surface area contributed by atoms with Gasteiger partial charge in [0.05, 0.1) is 13.2 Å². The zero-order valence-corrected chi connectivity index (χ0v) is 14.6. The highest BCUT2D eigenvalue weighted by atomic mass is 16.5. The molecule has 0 aliphatic carbocycles. The van der Waals surface area contributed by atoms with Gasteiger partial charge in [-0.2, -0.15) is 0 Å². The normalized spacial score (nSPS) is 11.7. The zero-order valence-electron chi connectivity index (χ0n) is 14.6. The molecular formula is C20H26O3. The van der Waals surface area contributed by atoms with Crippen molar-refractivity contribution in [1.82, 2.24) is 0 Å². The van der Waals surface area contributed by atoms with E-state index in [9.17, 15) is 5.11 Å². The highest BCUT2D eigenvalue weighted by molar-refractivity contribution is 5.72. The summed E-state index contributed by atoms with van der Waals surface area (Å²) in [6, 6.07) is 11.7. The molecule has 0 aliphatic rings. The average Bonchev–Trinajstić information content (AvgIpc) is 2.48. The van der Waals surface area contributed by atoms with E-state index >= 15 is 0 Å². The molecule has 0 amide bonds. The second kappa shape index (κ2) is 7.16. The fraction of sp³-hybridized carbons (Fsp3) is 0.400. The van der Waals surface area contributed by atoms with Gasteiger partial charge in [0.1, 0.15) is 5.75 Å². The van der Waals surface area contributed by atoms with Crippen LogP contribution in [0.4, 0.5) is 0 Å². The van der Waals surface area contributed by atoms with Crippen LogP contribution in [0.3, 0.4) is 0 Å². The van der Waals surface area contributed by atoms with Crippen LogP contribution in [0.1, 0.15) is 37.5 Å². The number of rotatable bonds is 5. The molecule has 0 aliphatic heterocycles. The number of benzene rings is 2. The summed E-state index contributed by atoms with van der Waals surface area (Å²) >= 11 is 0. The fourth-order valence-electron chi connectivity index (χ4n) is 2.74. The number of phenols is 1. The molecule has 2 aromatic rings. The van der Waals surface area contributed by atoms with E-state index in [0.29, 0.717) is 13.2 Å². The molecule has 0 fully saturated rings. The van der Waals surface area contributed by atoms with Crippen LogP contribution in [-0.2, 0) is 28.1 Å². The number of hydrogen-bond donors (Lipinski definition) is 1. The Morgan fingerprint density at radius 2 is 1.35 bits per heavy atom. The summed E-state index contributed by atoms with van der Waals surface area (Å²) < 4.78 is 10.8. The van der Waals surface area contributed by atoms with Crippen LogP contribution < -0.4 is 0 Å². The standard InChI is InChI=1S/C20H26O3/c1-20(2,3)17-10-15(12-22-4)19(16(11-17)13-23-5)14-6-8-18(21)9-7-14/h6-11,21H,12-13H2,1-5H3. The van der Waals surface area contributed by atoms with E-state index in [-0.39, 0.29) is 11.2 Å². The van der Waals surface area contributed by atoms with Crippen LogP contribution >= 0.6 is 0 Å². The number of hydrogen-bond acceptors (Lipinski definition) is 3. The van der Waals surface area contributed by atoms with Crippen molar-refractivity contribution in [3.63, 3.8) is 0 Å². The van der Waals surface area contributed by atoms with E-state index in [0.717, 1.165) is 22.3 Å². The van der Waals surface area contributed by atoms with Crippen molar-refractivity contribution in [1.29, 1.82) is 0 Å². The maximum atomic E-state index is 9.55. The van der Waals surface area contributed by atoms with Crippen molar-refractivity contribution in [3.05, 3.63) is 53.1 Å². The van der Waals surface area contributed by atoms with Crippen LogP contribution in [0.25, 0.3) is 11.1 Å². The molecule has 23 heavy (non-hydrogen) atoms. The van der Waals surface area contributed by atoms with Crippen molar-refractivity contribution in [2.24, 2.45) is 0 Å². The molecule has 0 bridgehead atoms. The molecule has 0 heterocycles. The first-order valence-corrected chi connectivity index (χ1v) is 7.80. The number of ether oxygens (including phenoxy) is 2. The second-order valence-corrected chi connectivity index (χ2v) is 6.83. The van der Waals surface area contributed by atoms with Crippen LogP contribution in [0.2, 0.25) is 0 Å². The summed E-state index contributed by atoms with van der Waals surface area (Å²) in [5, 5.41) is 9.55. The number of aromatic hydroxyl groups is 1. The molecule has 1 N–H and O–H groups in total. The van der Waals surface area contributed by atoms with E-state index in [1.165, 1.54) is 5.56 Å². The third-order valence-electron chi connectivity index (χ3n) is 3.92. The van der Waals surface area contributed by atoms with Crippen molar-refractivity contribution < 1.29 is 14.6 Å². The van der Waals surface area contributed by atoms with Crippen LogP contribution in [0, 0.1) is 0 Å². The maximum Gasteiger partial charge on any atom is 0.115 e. The van der Waals surface area contributed by atoms with E-state index in [2.05, 4.69) is 32.9 Å². The molecule has 0 saturated heterocycles. The molecular weight excluding hydrogens is 288 g/mol. The lowest BCUT2D eigenvalue weighted by Crippen LogP contribution is -2.13. The smallest absolute Gasteiger partial charge is 0.115 e. The van der Waals surface area contributed by atoms with Crippen molar-refractivity contribution in [2.75, 3.05) is 14.2 Å². The molecule has 0 atom stereocenters. The van der Waals surface area contributed by atoms with E-state index in [1.54, 1.807) is 26.4 Å². The summed E-state index contributed by atoms with van der Waals surface area (Å²) in [7, 11) is 3.42. The van der Waals surface area contributed by atoms with Crippen molar-refractivity contribution >= 4 is 0 Å². The largest absolute Gasteiger partial charge is 0.508 e. The lowest BCUT2D eigenvalue weighted by molar-refractivity contribution is 0.180. The number of phenolic OH excluding ortho intramolecular Hbond substituents is 1. The third-order valence-corrected chi connectivity index (χ3v) is 3.92. The van der Waals surface area contributed by atoms with Gasteiger partial charge in [0.15, 0.2) is 0 Å². The van der Waals surface area contributed by atoms with E-state index < -0.39 is 0 Å². The van der Waals surface area contributed by atoms with Gasteiger partial charge in [0.25, 0.3) is 0 Å². The molecule has 3 nitrogen and oxygen atoms in total. The highest BCUT2D eigenvalue weighted by Gasteiger charge is 2.19. The molecule has 0 spiro atoms. The van der Waals surface area contributed by atoms with Gasteiger partial charge in [-0.25, -0.2) is 0 Å². The summed E-state index contributed by atoms with van der Waals surface area (Å²) in [5.74, 6) is 0.265. The van der Waals surface area contributed by atoms with Gasteiger partial charge in [-0.3, -0.25) is 0 Å². The molecule has 124 valence electrons. The number of methoxy groups -OCH3 is 2. The zero-order chi connectivity index (χ0) is 17.0. The molecule has 2 rings (SSSR count). The minimum atomic E-state index is 0.0540. The molecule has 0 radical (unpaired) electrons. The van der Waals surface area contributed by atoms with Crippen LogP contribution in [-0.4, -0.2) is 19.3 Å². The molecule has 2 aromatic carbocycles. The van der Waals surface area contributed by atoms with Gasteiger partial charge in [-0.15, -0.1) is 0 Å². The lowest BCUT2D eigenvalue weighted by Gasteiger charge is -2.24. The van der Waals surface area contributed by atoms with Gasteiger partial charge in [-0.1, -0.05) is 45.0 Å². The summed E-state index contributed by atoms with van der Waals surface area (Å²) in [6.45, 7) is 7.69. The van der Waals surface area contributed by atoms with Crippen molar-refractivity contribution in [2.45, 2.75) is 39.4 Å². The van der Waals surface area contributed by atoms with Crippen LogP contribution in [0.5, 0.6) is 5.75 Å². The Hall–Kier alpha value is -1.84. The average molecular weight is 314 g/mol. The first kappa shape index (κ1) is 17.5. The Balaban J connectivity index is 2.68.